The van der Waals surface area contributed by atoms with E-state index in [9.17, 15) is 13.2 Å². The van der Waals surface area contributed by atoms with Gasteiger partial charge in [0.05, 0.1) is 6.54 Å². The van der Waals surface area contributed by atoms with Crippen LogP contribution >= 0.6 is 11.6 Å². The highest BCUT2D eigenvalue weighted by Crippen LogP contribution is 2.39. The van der Waals surface area contributed by atoms with Crippen molar-refractivity contribution in [1.82, 2.24) is 9.97 Å². The van der Waals surface area contributed by atoms with Crippen LogP contribution in [-0.2, 0) is 0 Å². The lowest BCUT2D eigenvalue weighted by atomic mass is 10.3. The third-order valence-electron chi connectivity index (χ3n) is 2.89. The van der Waals surface area contributed by atoms with E-state index in [-0.39, 0.29) is 16.9 Å². The molecule has 1 heterocycles. The predicted molar refractivity (Wildman–Crippen MR) is 64.3 cm³/mol. The summed E-state index contributed by atoms with van der Waals surface area (Å²) in [6.45, 7) is 0.948. The van der Waals surface area contributed by atoms with Crippen LogP contribution in [0.5, 0.6) is 0 Å². The van der Waals surface area contributed by atoms with Gasteiger partial charge >= 0.3 is 6.18 Å². The number of aliphatic hydroxyl groups excluding tert-OH is 1. The molecule has 0 aromatic carbocycles. The van der Waals surface area contributed by atoms with Crippen LogP contribution in [0.25, 0.3) is 0 Å². The summed E-state index contributed by atoms with van der Waals surface area (Å²) in [5.74, 6) is 1.02. The molecule has 8 heteroatoms. The van der Waals surface area contributed by atoms with Crippen LogP contribution in [0.1, 0.15) is 30.1 Å². The number of nitrogens with zero attached hydrogens (tertiary/aromatic N) is 2. The average Bonchev–Trinajstić information content (AvgIpc) is 3.13. The van der Waals surface area contributed by atoms with Crippen molar-refractivity contribution in [1.29, 1.82) is 0 Å². The van der Waals surface area contributed by atoms with E-state index in [1.54, 1.807) is 6.92 Å². The highest BCUT2D eigenvalue weighted by Gasteiger charge is 2.38. The quantitative estimate of drug-likeness (QED) is 0.839. The molecule has 1 aromatic heterocycles. The molecule has 0 radical (unpaired) electrons. The fourth-order valence-corrected chi connectivity index (χ4v) is 1.69. The van der Waals surface area contributed by atoms with E-state index in [0.29, 0.717) is 11.4 Å². The Bertz CT molecular complexity index is 477. The van der Waals surface area contributed by atoms with Gasteiger partial charge < -0.3 is 10.4 Å². The van der Waals surface area contributed by atoms with E-state index in [2.05, 4.69) is 15.3 Å². The van der Waals surface area contributed by atoms with Gasteiger partial charge in [-0.05, 0) is 19.8 Å². The van der Waals surface area contributed by atoms with Crippen molar-refractivity contribution >= 4 is 17.4 Å². The summed E-state index contributed by atoms with van der Waals surface area (Å²) in [5, 5.41) is 11.6. The third kappa shape index (κ3) is 3.48. The summed E-state index contributed by atoms with van der Waals surface area (Å²) < 4.78 is 36.6. The molecular weight excluding hydrogens is 283 g/mol. The summed E-state index contributed by atoms with van der Waals surface area (Å²) in [6.07, 6.45) is -5.17. The van der Waals surface area contributed by atoms with Crippen LogP contribution in [0.4, 0.5) is 19.0 Å². The highest BCUT2D eigenvalue weighted by atomic mass is 35.5. The maximum Gasteiger partial charge on any atom is 0.416 e. The molecule has 1 unspecified atom stereocenters. The Labute approximate surface area is 113 Å². The molecule has 0 bridgehead atoms. The number of aromatic nitrogens is 2. The molecule has 19 heavy (non-hydrogen) atoms. The summed E-state index contributed by atoms with van der Waals surface area (Å²) in [7, 11) is 0. The SMILES string of the molecule is Cc1c(Cl)nc(C2CC2)nc1NCC(O)C(F)(F)F. The fourth-order valence-electron chi connectivity index (χ4n) is 1.51. The van der Waals surface area contributed by atoms with E-state index in [1.807, 2.05) is 0 Å². The second kappa shape index (κ2) is 5.13. The zero-order chi connectivity index (χ0) is 14.2. The van der Waals surface area contributed by atoms with Crippen LogP contribution in [0.15, 0.2) is 0 Å². The Balaban J connectivity index is 2.11. The van der Waals surface area contributed by atoms with Crippen LogP contribution < -0.4 is 5.32 Å². The number of hydrogen-bond donors (Lipinski definition) is 2. The Kier molecular flexibility index (Phi) is 3.87. The Hall–Kier alpha value is -1.08. The van der Waals surface area contributed by atoms with Gasteiger partial charge in [-0.15, -0.1) is 0 Å². The molecule has 0 spiro atoms. The minimum atomic E-state index is -4.66. The largest absolute Gasteiger partial charge is 0.416 e. The van der Waals surface area contributed by atoms with E-state index in [0.717, 1.165) is 12.8 Å². The third-order valence-corrected chi connectivity index (χ3v) is 3.25. The molecule has 1 aliphatic rings. The van der Waals surface area contributed by atoms with Crippen molar-refractivity contribution in [2.24, 2.45) is 0 Å². The van der Waals surface area contributed by atoms with Crippen molar-refractivity contribution in [3.63, 3.8) is 0 Å². The zero-order valence-corrected chi connectivity index (χ0v) is 10.9. The molecule has 2 N–H and O–H groups in total. The van der Waals surface area contributed by atoms with E-state index in [4.69, 9.17) is 16.7 Å². The fraction of sp³-hybridized carbons (Fsp3) is 0.636. The number of anilines is 1. The molecule has 4 nitrogen and oxygen atoms in total. The number of rotatable bonds is 4. The number of halogens is 4. The summed E-state index contributed by atoms with van der Waals surface area (Å²) >= 11 is 5.92. The molecule has 106 valence electrons. The maximum atomic E-state index is 12.2. The maximum absolute atomic E-state index is 12.2. The van der Waals surface area contributed by atoms with Gasteiger partial charge in [0.15, 0.2) is 6.10 Å². The van der Waals surface area contributed by atoms with Crippen LogP contribution in [0.3, 0.4) is 0 Å². The molecule has 0 saturated heterocycles. The Morgan fingerprint density at radius 1 is 1.42 bits per heavy atom. The van der Waals surface area contributed by atoms with Crippen molar-refractivity contribution in [3.05, 3.63) is 16.5 Å². The first-order valence-electron chi connectivity index (χ1n) is 5.81. The summed E-state index contributed by atoms with van der Waals surface area (Å²) in [6, 6.07) is 0. The van der Waals surface area contributed by atoms with Gasteiger partial charge in [-0.3, -0.25) is 0 Å². The molecule has 0 aliphatic heterocycles. The normalized spacial score (nSPS) is 17.4. The van der Waals surface area contributed by atoms with Gasteiger partial charge in [-0.25, -0.2) is 9.97 Å². The zero-order valence-electron chi connectivity index (χ0n) is 10.1. The number of hydrogen-bond acceptors (Lipinski definition) is 4. The van der Waals surface area contributed by atoms with E-state index >= 15 is 0 Å². The van der Waals surface area contributed by atoms with Gasteiger partial charge in [0.2, 0.25) is 0 Å². The standard InChI is InChI=1S/C11H13ClF3N3O/c1-5-8(12)17-10(6-2-3-6)18-9(5)16-4-7(19)11(13,14)15/h6-7,19H,2-4H2,1H3,(H,16,17,18). The summed E-state index contributed by atoms with van der Waals surface area (Å²) in [4.78, 5) is 8.26. The minimum absolute atomic E-state index is 0.223. The second-order valence-corrected chi connectivity index (χ2v) is 4.92. The minimum Gasteiger partial charge on any atom is -0.382 e. The first-order chi connectivity index (χ1) is 8.79. The molecule has 0 amide bonds. The monoisotopic (exact) mass is 295 g/mol. The van der Waals surface area contributed by atoms with Crippen LogP contribution in [-0.4, -0.2) is 33.9 Å². The molecule has 1 saturated carbocycles. The first kappa shape index (κ1) is 14.3. The van der Waals surface area contributed by atoms with Gasteiger partial charge in [0.25, 0.3) is 0 Å². The topological polar surface area (TPSA) is 58.0 Å². The number of alkyl halides is 3. The first-order valence-corrected chi connectivity index (χ1v) is 6.19. The van der Waals surface area contributed by atoms with Crippen molar-refractivity contribution in [3.8, 4) is 0 Å². The average molecular weight is 296 g/mol. The molecule has 2 rings (SSSR count). The smallest absolute Gasteiger partial charge is 0.382 e. The predicted octanol–water partition coefficient (Wildman–Crippen LogP) is 2.65. The highest BCUT2D eigenvalue weighted by molar-refractivity contribution is 6.30. The molecular formula is C11H13ClF3N3O. The molecule has 1 fully saturated rings. The van der Waals surface area contributed by atoms with Crippen LogP contribution in [0.2, 0.25) is 5.15 Å². The molecule has 1 aliphatic carbocycles. The second-order valence-electron chi connectivity index (χ2n) is 4.56. The Morgan fingerprint density at radius 2 is 2.05 bits per heavy atom. The van der Waals surface area contributed by atoms with Crippen molar-refractivity contribution in [2.45, 2.75) is 38.0 Å². The lowest BCUT2D eigenvalue weighted by Gasteiger charge is -2.17. The molecule has 1 atom stereocenters. The van der Waals surface area contributed by atoms with E-state index < -0.39 is 18.8 Å². The number of aliphatic hydroxyl groups is 1. The van der Waals surface area contributed by atoms with Gasteiger partial charge in [0.1, 0.15) is 16.8 Å². The van der Waals surface area contributed by atoms with Crippen LogP contribution in [0, 0.1) is 6.92 Å². The lowest BCUT2D eigenvalue weighted by Crippen LogP contribution is -2.35. The van der Waals surface area contributed by atoms with Crippen molar-refractivity contribution < 1.29 is 18.3 Å². The summed E-state index contributed by atoms with van der Waals surface area (Å²) in [5.41, 5.74) is 0.473. The van der Waals surface area contributed by atoms with Gasteiger partial charge in [-0.2, -0.15) is 13.2 Å². The lowest BCUT2D eigenvalue weighted by molar-refractivity contribution is -0.198. The van der Waals surface area contributed by atoms with Crippen molar-refractivity contribution in [2.75, 3.05) is 11.9 Å². The number of nitrogens with one attached hydrogen (secondary N) is 1. The Morgan fingerprint density at radius 3 is 2.58 bits per heavy atom. The van der Waals surface area contributed by atoms with Gasteiger partial charge in [0, 0.05) is 11.5 Å². The van der Waals surface area contributed by atoms with Gasteiger partial charge in [-0.1, -0.05) is 11.6 Å². The molecule has 1 aromatic rings. The van der Waals surface area contributed by atoms with E-state index in [1.165, 1.54) is 0 Å².